The predicted molar refractivity (Wildman–Crippen MR) is 55.0 cm³/mol. The molecule has 0 saturated heterocycles. The summed E-state index contributed by atoms with van der Waals surface area (Å²) in [6.45, 7) is 6.38. The Morgan fingerprint density at radius 1 is 1.50 bits per heavy atom. The molecule has 0 aromatic carbocycles. The van der Waals surface area contributed by atoms with E-state index in [1.165, 1.54) is 0 Å². The molecule has 0 radical (unpaired) electrons. The molecule has 1 aromatic heterocycles. The molecule has 90 valence electrons. The second-order valence-electron chi connectivity index (χ2n) is 3.40. The lowest BCUT2D eigenvalue weighted by molar-refractivity contribution is 0.0508. The fourth-order valence-corrected chi connectivity index (χ4v) is 1.02. The van der Waals surface area contributed by atoms with E-state index >= 15 is 0 Å². The second-order valence-corrected chi connectivity index (χ2v) is 3.40. The van der Waals surface area contributed by atoms with Crippen molar-refractivity contribution in [3.63, 3.8) is 0 Å². The summed E-state index contributed by atoms with van der Waals surface area (Å²) in [6, 6.07) is 0. The summed E-state index contributed by atoms with van der Waals surface area (Å²) in [5.41, 5.74) is 0. The number of hydrogen-bond donors (Lipinski definition) is 0. The van der Waals surface area contributed by atoms with Gasteiger partial charge in [0.1, 0.15) is 0 Å². The molecule has 0 aliphatic heterocycles. The molecule has 1 heterocycles. The average Bonchev–Trinajstić information content (AvgIpc) is 2.66. The number of rotatable bonds is 6. The van der Waals surface area contributed by atoms with Gasteiger partial charge in [0.05, 0.1) is 25.7 Å². The molecule has 0 aliphatic rings. The van der Waals surface area contributed by atoms with Crippen LogP contribution in [0.4, 0.5) is 0 Å². The highest BCUT2D eigenvalue weighted by Gasteiger charge is 2.15. The maximum Gasteiger partial charge on any atom is 0.379 e. The molecule has 0 aliphatic carbocycles. The van der Waals surface area contributed by atoms with Crippen molar-refractivity contribution in [2.45, 2.75) is 33.3 Å². The maximum atomic E-state index is 11.2. The molecule has 1 aromatic rings. The fourth-order valence-electron chi connectivity index (χ4n) is 1.02. The Hall–Kier alpha value is -1.43. The summed E-state index contributed by atoms with van der Waals surface area (Å²) < 4.78 is 14.9. The number of nitrogens with zero attached hydrogens (tertiary/aromatic N) is 2. The molecule has 1 rings (SSSR count). The first-order chi connectivity index (χ1) is 7.63. The van der Waals surface area contributed by atoms with Crippen LogP contribution in [0.5, 0.6) is 0 Å². The van der Waals surface area contributed by atoms with Gasteiger partial charge in [-0.05, 0) is 25.9 Å². The van der Waals surface area contributed by atoms with Gasteiger partial charge in [-0.2, -0.15) is 4.98 Å². The van der Waals surface area contributed by atoms with Crippen molar-refractivity contribution >= 4 is 5.97 Å². The number of carbonyl (C=O) groups is 1. The van der Waals surface area contributed by atoms with E-state index in [9.17, 15) is 4.79 Å². The molecule has 0 unspecified atom stereocenters. The van der Waals surface area contributed by atoms with Crippen LogP contribution < -0.4 is 0 Å². The van der Waals surface area contributed by atoms with E-state index in [4.69, 9.17) is 14.0 Å². The number of ether oxygens (including phenoxy) is 2. The van der Waals surface area contributed by atoms with Crippen LogP contribution in [0.25, 0.3) is 0 Å². The molecule has 0 atom stereocenters. The van der Waals surface area contributed by atoms with Crippen molar-refractivity contribution in [1.82, 2.24) is 10.1 Å². The number of hydrogen-bond acceptors (Lipinski definition) is 6. The maximum absolute atomic E-state index is 11.2. The molecule has 0 fully saturated rings. The lowest BCUT2D eigenvalue weighted by atomic mass is 10.4. The summed E-state index contributed by atoms with van der Waals surface area (Å²) in [5.74, 6) is -0.229. The van der Waals surface area contributed by atoms with Crippen LogP contribution in [0.1, 0.15) is 37.3 Å². The molecular weight excluding hydrogens is 212 g/mol. The molecular formula is C10H16N2O4. The van der Waals surface area contributed by atoms with Gasteiger partial charge in [-0.1, -0.05) is 0 Å². The van der Waals surface area contributed by atoms with Crippen LogP contribution >= 0.6 is 0 Å². The SMILES string of the molecule is CCOC(=O)c1noc(CCOC(C)C)n1. The van der Waals surface area contributed by atoms with Crippen molar-refractivity contribution in [2.24, 2.45) is 0 Å². The highest BCUT2D eigenvalue weighted by Crippen LogP contribution is 2.01. The predicted octanol–water partition coefficient (Wildman–Crippen LogP) is 1.21. The van der Waals surface area contributed by atoms with E-state index < -0.39 is 5.97 Å². The lowest BCUT2D eigenvalue weighted by Gasteiger charge is -2.03. The molecule has 6 nitrogen and oxygen atoms in total. The summed E-state index contributed by atoms with van der Waals surface area (Å²) in [5, 5.41) is 3.52. The van der Waals surface area contributed by atoms with E-state index in [1.54, 1.807) is 6.92 Å². The van der Waals surface area contributed by atoms with Crippen molar-refractivity contribution in [3.8, 4) is 0 Å². The van der Waals surface area contributed by atoms with E-state index in [-0.39, 0.29) is 11.9 Å². The highest BCUT2D eigenvalue weighted by atomic mass is 16.5. The van der Waals surface area contributed by atoms with Crippen LogP contribution in [0.3, 0.4) is 0 Å². The van der Waals surface area contributed by atoms with Crippen molar-refractivity contribution in [3.05, 3.63) is 11.7 Å². The summed E-state index contributed by atoms with van der Waals surface area (Å²) >= 11 is 0. The van der Waals surface area contributed by atoms with E-state index in [0.717, 1.165) is 0 Å². The zero-order valence-electron chi connectivity index (χ0n) is 9.73. The summed E-state index contributed by atoms with van der Waals surface area (Å²) in [4.78, 5) is 15.1. The van der Waals surface area contributed by atoms with Crippen LogP contribution in [0, 0.1) is 0 Å². The molecule has 0 amide bonds. The quantitative estimate of drug-likeness (QED) is 0.681. The van der Waals surface area contributed by atoms with Crippen molar-refractivity contribution in [1.29, 1.82) is 0 Å². The van der Waals surface area contributed by atoms with Gasteiger partial charge in [-0.25, -0.2) is 4.79 Å². The van der Waals surface area contributed by atoms with Gasteiger partial charge in [-0.15, -0.1) is 0 Å². The molecule has 0 saturated carbocycles. The van der Waals surface area contributed by atoms with Crippen LogP contribution in [0.15, 0.2) is 4.52 Å². The van der Waals surface area contributed by atoms with Gasteiger partial charge in [0.15, 0.2) is 0 Å². The third-order valence-corrected chi connectivity index (χ3v) is 1.69. The van der Waals surface area contributed by atoms with E-state index in [0.29, 0.717) is 25.5 Å². The first-order valence-corrected chi connectivity index (χ1v) is 5.24. The minimum atomic E-state index is -0.567. The Morgan fingerprint density at radius 2 is 2.25 bits per heavy atom. The molecule has 6 heteroatoms. The average molecular weight is 228 g/mol. The zero-order valence-corrected chi connectivity index (χ0v) is 9.73. The minimum Gasteiger partial charge on any atom is -0.460 e. The number of aromatic nitrogens is 2. The monoisotopic (exact) mass is 228 g/mol. The van der Waals surface area contributed by atoms with Crippen LogP contribution in [0.2, 0.25) is 0 Å². The van der Waals surface area contributed by atoms with E-state index in [2.05, 4.69) is 10.1 Å². The molecule has 0 bridgehead atoms. The Balaban J connectivity index is 2.42. The first kappa shape index (κ1) is 12.6. The van der Waals surface area contributed by atoms with Gasteiger partial charge >= 0.3 is 5.97 Å². The van der Waals surface area contributed by atoms with Crippen molar-refractivity contribution in [2.75, 3.05) is 13.2 Å². The zero-order chi connectivity index (χ0) is 12.0. The Kier molecular flexibility index (Phi) is 4.91. The van der Waals surface area contributed by atoms with Crippen LogP contribution in [-0.2, 0) is 15.9 Å². The smallest absolute Gasteiger partial charge is 0.379 e. The third kappa shape index (κ3) is 3.98. The van der Waals surface area contributed by atoms with Gasteiger partial charge in [0, 0.05) is 0 Å². The van der Waals surface area contributed by atoms with Gasteiger partial charge in [0.2, 0.25) is 5.89 Å². The second kappa shape index (κ2) is 6.22. The lowest BCUT2D eigenvalue weighted by Crippen LogP contribution is -2.08. The van der Waals surface area contributed by atoms with Crippen LogP contribution in [-0.4, -0.2) is 35.4 Å². The van der Waals surface area contributed by atoms with E-state index in [1.807, 2.05) is 13.8 Å². The topological polar surface area (TPSA) is 74.5 Å². The first-order valence-electron chi connectivity index (χ1n) is 5.24. The van der Waals surface area contributed by atoms with Crippen molar-refractivity contribution < 1.29 is 18.8 Å². The normalized spacial score (nSPS) is 10.8. The Bertz CT molecular complexity index is 335. The number of carbonyl (C=O) groups excluding carboxylic acids is 1. The fraction of sp³-hybridized carbons (Fsp3) is 0.700. The summed E-state index contributed by atoms with van der Waals surface area (Å²) in [7, 11) is 0. The summed E-state index contributed by atoms with van der Waals surface area (Å²) in [6.07, 6.45) is 0.650. The standard InChI is InChI=1S/C10H16N2O4/c1-4-14-10(13)9-11-8(16-12-9)5-6-15-7(2)3/h7H,4-6H2,1-3H3. The third-order valence-electron chi connectivity index (χ3n) is 1.69. The molecule has 16 heavy (non-hydrogen) atoms. The number of esters is 1. The Labute approximate surface area is 93.9 Å². The minimum absolute atomic E-state index is 0.0404. The Morgan fingerprint density at radius 3 is 2.88 bits per heavy atom. The van der Waals surface area contributed by atoms with Gasteiger partial charge < -0.3 is 14.0 Å². The molecule has 0 spiro atoms. The largest absolute Gasteiger partial charge is 0.460 e. The van der Waals surface area contributed by atoms with Gasteiger partial charge in [0.25, 0.3) is 5.82 Å². The molecule has 0 N–H and O–H groups in total. The van der Waals surface area contributed by atoms with Gasteiger partial charge in [-0.3, -0.25) is 0 Å². The highest BCUT2D eigenvalue weighted by molar-refractivity contribution is 5.84.